The van der Waals surface area contributed by atoms with E-state index in [1.54, 1.807) is 31.2 Å². The predicted octanol–water partition coefficient (Wildman–Crippen LogP) is 4.31. The Bertz CT molecular complexity index is 1050. The highest BCUT2D eigenvalue weighted by Crippen LogP contribution is 2.39. The molecule has 2 aromatic carbocycles. The van der Waals surface area contributed by atoms with Gasteiger partial charge in [-0.2, -0.15) is 13.2 Å². The number of halogens is 3. The first-order chi connectivity index (χ1) is 15.7. The normalized spacial score (nSPS) is 16.4. The number of likely N-dealkylation sites (N-methyl/N-ethyl adjacent to an activating group) is 1. The maximum Gasteiger partial charge on any atom is 0.416 e. The quantitative estimate of drug-likeness (QED) is 0.618. The average Bonchev–Trinajstić information content (AvgIpc) is 2.79. The Kier molecular flexibility index (Phi) is 7.15. The van der Waals surface area contributed by atoms with Crippen LogP contribution in [0.15, 0.2) is 59.8 Å². The Morgan fingerprint density at radius 1 is 1.09 bits per heavy atom. The monoisotopic (exact) mass is 464 g/mol. The molecule has 1 heterocycles. The van der Waals surface area contributed by atoms with Crippen LogP contribution in [0.25, 0.3) is 0 Å². The van der Waals surface area contributed by atoms with E-state index in [9.17, 15) is 22.8 Å². The summed E-state index contributed by atoms with van der Waals surface area (Å²) in [7, 11) is 2.91. The first-order valence-corrected chi connectivity index (χ1v) is 10.0. The van der Waals surface area contributed by atoms with Crippen LogP contribution in [0.4, 0.5) is 18.0 Å². The molecule has 0 aliphatic carbocycles. The standard InChI is InChI=1S/C23H23F3N2O5/c1-4-32-21(29)19-18(13-33-15-11-9-14(31-3)10-12-15)28(2)22(30)27-20(19)16-7-5-6-8-17(16)23(24,25)26/h5-12,20H,4,13H2,1-3H3,(H,27,30)/t20-/m1/s1. The largest absolute Gasteiger partial charge is 0.497 e. The Labute approximate surface area is 188 Å². The minimum absolute atomic E-state index is 0.000247. The molecule has 0 bridgehead atoms. The highest BCUT2D eigenvalue weighted by atomic mass is 19.4. The third kappa shape index (κ3) is 5.21. The van der Waals surface area contributed by atoms with E-state index in [1.165, 1.54) is 32.4 Å². The molecular formula is C23H23F3N2O5. The molecule has 1 N–H and O–H groups in total. The third-order valence-corrected chi connectivity index (χ3v) is 5.08. The molecule has 0 spiro atoms. The summed E-state index contributed by atoms with van der Waals surface area (Å²) >= 11 is 0. The number of esters is 1. The molecule has 0 aromatic heterocycles. The number of nitrogens with one attached hydrogen (secondary N) is 1. The number of urea groups is 1. The topological polar surface area (TPSA) is 77.1 Å². The smallest absolute Gasteiger partial charge is 0.416 e. The summed E-state index contributed by atoms with van der Waals surface area (Å²) in [5.41, 5.74) is -1.27. The number of hydrogen-bond acceptors (Lipinski definition) is 5. The van der Waals surface area contributed by atoms with Crippen LogP contribution in [-0.4, -0.2) is 44.3 Å². The van der Waals surface area contributed by atoms with Crippen LogP contribution in [0.5, 0.6) is 11.5 Å². The number of ether oxygens (including phenoxy) is 3. The number of carbonyl (C=O) groups is 2. The van der Waals surface area contributed by atoms with Crippen LogP contribution in [0.2, 0.25) is 0 Å². The predicted molar refractivity (Wildman–Crippen MR) is 113 cm³/mol. The van der Waals surface area contributed by atoms with Gasteiger partial charge in [-0.25, -0.2) is 9.59 Å². The molecule has 2 aromatic rings. The number of nitrogens with zero attached hydrogens (tertiary/aromatic N) is 1. The SMILES string of the molecule is CCOC(=O)C1=C(COc2ccc(OC)cc2)N(C)C(=O)N[C@@H]1c1ccccc1C(F)(F)F. The zero-order valence-corrected chi connectivity index (χ0v) is 18.2. The third-order valence-electron chi connectivity index (χ3n) is 5.08. The number of carbonyl (C=O) groups excluding carboxylic acids is 2. The molecule has 0 saturated heterocycles. The summed E-state index contributed by atoms with van der Waals surface area (Å²) in [6.07, 6.45) is -4.69. The molecule has 7 nitrogen and oxygen atoms in total. The zero-order chi connectivity index (χ0) is 24.2. The van der Waals surface area contributed by atoms with Crippen molar-refractivity contribution < 1.29 is 37.0 Å². The van der Waals surface area contributed by atoms with Crippen molar-refractivity contribution in [3.63, 3.8) is 0 Å². The molecule has 1 aliphatic rings. The Balaban J connectivity index is 2.08. The number of rotatable bonds is 7. The van der Waals surface area contributed by atoms with Crippen molar-refractivity contribution in [1.82, 2.24) is 10.2 Å². The summed E-state index contributed by atoms with van der Waals surface area (Å²) in [6, 6.07) is 9.29. The average molecular weight is 464 g/mol. The second-order valence-electron chi connectivity index (χ2n) is 7.07. The van der Waals surface area contributed by atoms with E-state index in [1.807, 2.05) is 0 Å². The number of hydrogen-bond donors (Lipinski definition) is 1. The highest BCUT2D eigenvalue weighted by Gasteiger charge is 2.42. The van der Waals surface area contributed by atoms with Crippen LogP contribution in [0.3, 0.4) is 0 Å². The number of benzene rings is 2. The van der Waals surface area contributed by atoms with Crippen molar-refractivity contribution in [3.8, 4) is 11.5 Å². The molecule has 0 saturated carbocycles. The summed E-state index contributed by atoms with van der Waals surface area (Å²) < 4.78 is 57.0. The van der Waals surface area contributed by atoms with Gasteiger partial charge >= 0.3 is 18.2 Å². The number of alkyl halides is 3. The molecule has 33 heavy (non-hydrogen) atoms. The Hall–Kier alpha value is -3.69. The van der Waals surface area contributed by atoms with E-state index in [0.717, 1.165) is 11.0 Å². The first-order valence-electron chi connectivity index (χ1n) is 10.0. The van der Waals surface area contributed by atoms with Gasteiger partial charge in [0.1, 0.15) is 18.1 Å². The fourth-order valence-corrected chi connectivity index (χ4v) is 3.45. The van der Waals surface area contributed by atoms with E-state index in [2.05, 4.69) is 5.32 Å². The number of amides is 2. The van der Waals surface area contributed by atoms with Crippen LogP contribution in [0.1, 0.15) is 24.1 Å². The fraction of sp³-hybridized carbons (Fsp3) is 0.304. The van der Waals surface area contributed by atoms with Gasteiger partial charge in [0.05, 0.1) is 36.6 Å². The molecule has 0 radical (unpaired) electrons. The maximum absolute atomic E-state index is 13.7. The summed E-state index contributed by atoms with van der Waals surface area (Å²) in [6.45, 7) is 1.32. The summed E-state index contributed by atoms with van der Waals surface area (Å²) in [5.74, 6) is 0.171. The van der Waals surface area contributed by atoms with Gasteiger partial charge in [0.15, 0.2) is 0 Å². The molecule has 1 atom stereocenters. The van der Waals surface area contributed by atoms with E-state index in [0.29, 0.717) is 11.5 Å². The molecule has 176 valence electrons. The molecule has 0 fully saturated rings. The van der Waals surface area contributed by atoms with Crippen LogP contribution in [-0.2, 0) is 15.7 Å². The number of methoxy groups -OCH3 is 1. The molecule has 2 amide bonds. The highest BCUT2D eigenvalue weighted by molar-refractivity contribution is 5.95. The van der Waals surface area contributed by atoms with Crippen molar-refractivity contribution in [2.24, 2.45) is 0 Å². The maximum atomic E-state index is 13.7. The van der Waals surface area contributed by atoms with Crippen molar-refractivity contribution in [2.45, 2.75) is 19.1 Å². The Morgan fingerprint density at radius 2 is 1.73 bits per heavy atom. The summed E-state index contributed by atoms with van der Waals surface area (Å²) in [5, 5.41) is 2.48. The molecule has 1 aliphatic heterocycles. The second-order valence-corrected chi connectivity index (χ2v) is 7.07. The van der Waals surface area contributed by atoms with Crippen molar-refractivity contribution in [3.05, 3.63) is 70.9 Å². The minimum Gasteiger partial charge on any atom is -0.497 e. The summed E-state index contributed by atoms with van der Waals surface area (Å²) in [4.78, 5) is 26.7. The van der Waals surface area contributed by atoms with E-state index < -0.39 is 29.8 Å². The molecule has 10 heteroatoms. The lowest BCUT2D eigenvalue weighted by atomic mass is 9.91. The zero-order valence-electron chi connectivity index (χ0n) is 18.2. The van der Waals surface area contributed by atoms with Gasteiger partial charge in [-0.05, 0) is 42.8 Å². The van der Waals surface area contributed by atoms with Gasteiger partial charge in [0.25, 0.3) is 0 Å². The lowest BCUT2D eigenvalue weighted by Crippen LogP contribution is -2.48. The Morgan fingerprint density at radius 3 is 2.33 bits per heavy atom. The van der Waals surface area contributed by atoms with E-state index in [-0.39, 0.29) is 30.0 Å². The second kappa shape index (κ2) is 9.85. The van der Waals surface area contributed by atoms with Gasteiger partial charge in [0, 0.05) is 7.05 Å². The van der Waals surface area contributed by atoms with Gasteiger partial charge in [-0.1, -0.05) is 18.2 Å². The van der Waals surface area contributed by atoms with Crippen LogP contribution in [0, 0.1) is 0 Å². The van der Waals surface area contributed by atoms with E-state index in [4.69, 9.17) is 14.2 Å². The van der Waals surface area contributed by atoms with E-state index >= 15 is 0 Å². The molecular weight excluding hydrogens is 441 g/mol. The van der Waals surface area contributed by atoms with Gasteiger partial charge in [0.2, 0.25) is 0 Å². The first kappa shape index (κ1) is 24.0. The molecule has 0 unspecified atom stereocenters. The van der Waals surface area contributed by atoms with Gasteiger partial charge < -0.3 is 19.5 Å². The fourth-order valence-electron chi connectivity index (χ4n) is 3.45. The van der Waals surface area contributed by atoms with Crippen LogP contribution >= 0.6 is 0 Å². The molecule has 3 rings (SSSR count). The lowest BCUT2D eigenvalue weighted by molar-refractivity contribution is -0.141. The van der Waals surface area contributed by atoms with Crippen molar-refractivity contribution in [2.75, 3.05) is 27.4 Å². The van der Waals surface area contributed by atoms with Crippen molar-refractivity contribution >= 4 is 12.0 Å². The van der Waals surface area contributed by atoms with Crippen molar-refractivity contribution in [1.29, 1.82) is 0 Å². The van der Waals surface area contributed by atoms with Gasteiger partial charge in [-0.15, -0.1) is 0 Å². The van der Waals surface area contributed by atoms with Gasteiger partial charge in [-0.3, -0.25) is 4.90 Å². The lowest BCUT2D eigenvalue weighted by Gasteiger charge is -2.35. The minimum atomic E-state index is -4.69. The van der Waals surface area contributed by atoms with Crippen LogP contribution < -0.4 is 14.8 Å².